The van der Waals surface area contributed by atoms with Crippen molar-refractivity contribution in [3.05, 3.63) is 11.9 Å². The fourth-order valence-corrected chi connectivity index (χ4v) is 2.58. The highest BCUT2D eigenvalue weighted by atomic mass is 31.1. The number of carboxylic acids is 2. The molecule has 0 fully saturated rings. The van der Waals surface area contributed by atoms with E-state index < -0.39 is 36.1 Å². The molecule has 0 aromatic rings. The largest absolute Gasteiger partial charge is 0.481 e. The van der Waals surface area contributed by atoms with Crippen LogP contribution >= 0.6 is 7.92 Å². The van der Waals surface area contributed by atoms with Gasteiger partial charge in [-0.15, -0.1) is 0 Å². The Hall–Kier alpha value is -0.760. The summed E-state index contributed by atoms with van der Waals surface area (Å²) < 4.78 is 0. The van der Waals surface area contributed by atoms with Crippen LogP contribution in [0.2, 0.25) is 5.31 Å². The average molecular weight is 280 g/mol. The summed E-state index contributed by atoms with van der Waals surface area (Å²) in [6.07, 6.45) is 1.93. The molecule has 7 heteroatoms. The van der Waals surface area contributed by atoms with Crippen molar-refractivity contribution in [1.82, 2.24) is 0 Å². The van der Waals surface area contributed by atoms with Crippen molar-refractivity contribution < 1.29 is 19.8 Å². The lowest BCUT2D eigenvalue weighted by Gasteiger charge is -2.28. The Morgan fingerprint density at radius 2 is 1.79 bits per heavy atom. The van der Waals surface area contributed by atoms with Gasteiger partial charge in [-0.3, -0.25) is 9.59 Å². The first-order chi connectivity index (χ1) is 8.40. The molecule has 0 amide bonds. The minimum absolute atomic E-state index is 0.274. The molecular weight excluding hydrogens is 261 g/mol. The summed E-state index contributed by atoms with van der Waals surface area (Å²) in [5.74, 6) is -0.842. The zero-order chi connectivity index (χ0) is 15.4. The molecule has 0 saturated carbocycles. The molecule has 0 aromatic carbocycles. The van der Waals surface area contributed by atoms with Crippen molar-refractivity contribution in [1.29, 1.82) is 0 Å². The number of carboxylic acid groups (broad SMARTS) is 2. The van der Waals surface area contributed by atoms with Crippen LogP contribution in [0.15, 0.2) is 11.9 Å². The number of hydrogen-bond acceptors (Lipinski definition) is 2. The van der Waals surface area contributed by atoms with Gasteiger partial charge in [0.05, 0.1) is 21.6 Å². The van der Waals surface area contributed by atoms with E-state index in [2.05, 4.69) is 0 Å². The fraction of sp³-hybridized carbons (Fsp3) is 0.667. The second-order valence-corrected chi connectivity index (χ2v) is 7.78. The Morgan fingerprint density at radius 1 is 1.32 bits per heavy atom. The van der Waals surface area contributed by atoms with Gasteiger partial charge in [-0.05, 0) is 13.1 Å². The van der Waals surface area contributed by atoms with E-state index in [9.17, 15) is 9.59 Å². The topological polar surface area (TPSA) is 74.6 Å². The lowest BCUT2D eigenvalue weighted by molar-refractivity contribution is -0.141. The molecule has 4 radical (unpaired) electrons. The molecule has 0 rings (SSSR count). The maximum Gasteiger partial charge on any atom is 0.306 e. The Balaban J connectivity index is 4.78. The molecule has 0 aliphatic rings. The van der Waals surface area contributed by atoms with E-state index in [1.165, 1.54) is 6.92 Å². The van der Waals surface area contributed by atoms with Crippen molar-refractivity contribution in [3.63, 3.8) is 0 Å². The predicted molar refractivity (Wildman–Crippen MR) is 79.3 cm³/mol. The summed E-state index contributed by atoms with van der Waals surface area (Å²) >= 11 is 0. The minimum Gasteiger partial charge on any atom is -0.481 e. The zero-order valence-electron chi connectivity index (χ0n) is 11.8. The summed E-state index contributed by atoms with van der Waals surface area (Å²) in [5.41, 5.74) is 0. The monoisotopic (exact) mass is 280 g/mol. The third-order valence-electron chi connectivity index (χ3n) is 3.01. The highest BCUT2D eigenvalue weighted by Gasteiger charge is 2.32. The Bertz CT molecular complexity index is 380. The molecule has 0 spiro atoms. The third-order valence-corrected chi connectivity index (χ3v) is 5.27. The van der Waals surface area contributed by atoms with E-state index in [0.717, 1.165) is 0 Å². The molecule has 4 unspecified atom stereocenters. The Labute approximate surface area is 118 Å². The number of hydrogen-bond donors (Lipinski definition) is 2. The fourth-order valence-electron chi connectivity index (χ4n) is 1.40. The van der Waals surface area contributed by atoms with Crippen molar-refractivity contribution in [2.45, 2.75) is 37.6 Å². The second-order valence-electron chi connectivity index (χ2n) is 5.33. The Kier molecular flexibility index (Phi) is 6.34. The molecule has 0 aromatic heterocycles. The van der Waals surface area contributed by atoms with Gasteiger partial charge in [0.25, 0.3) is 0 Å². The van der Waals surface area contributed by atoms with Crippen LogP contribution in [0.25, 0.3) is 0 Å². The lowest BCUT2D eigenvalue weighted by Crippen LogP contribution is -2.32. The first-order valence-electron chi connectivity index (χ1n) is 5.86. The van der Waals surface area contributed by atoms with Crippen molar-refractivity contribution in [3.8, 4) is 0 Å². The van der Waals surface area contributed by atoms with Crippen molar-refractivity contribution in [2.24, 2.45) is 5.92 Å². The van der Waals surface area contributed by atoms with Crippen LogP contribution in [-0.4, -0.2) is 49.6 Å². The standard InChI is InChI=1S/C12H19B2O4P/c1-8(9(15)16)7-11(2,13)5-6-19(4)12(3,14)10(17)18/h5-6,8H,7H2,1-4H3,(H,15,16)(H,17,18)/b6-5+. The van der Waals surface area contributed by atoms with Gasteiger partial charge < -0.3 is 10.2 Å². The van der Waals surface area contributed by atoms with Crippen LogP contribution in [-0.2, 0) is 9.59 Å². The predicted octanol–water partition coefficient (Wildman–Crippen LogP) is 2.04. The van der Waals surface area contributed by atoms with Gasteiger partial charge in [-0.25, -0.2) is 0 Å². The van der Waals surface area contributed by atoms with Crippen LogP contribution in [0.4, 0.5) is 0 Å². The summed E-state index contributed by atoms with van der Waals surface area (Å²) in [6.45, 7) is 6.50. The van der Waals surface area contributed by atoms with E-state index in [1.54, 1.807) is 32.4 Å². The molecule has 19 heavy (non-hydrogen) atoms. The molecule has 2 N–H and O–H groups in total. The van der Waals surface area contributed by atoms with Crippen LogP contribution in [0, 0.1) is 5.92 Å². The number of carbonyl (C=O) groups is 2. The quantitative estimate of drug-likeness (QED) is 0.552. The third kappa shape index (κ3) is 5.82. The van der Waals surface area contributed by atoms with Crippen molar-refractivity contribution in [2.75, 3.05) is 6.66 Å². The van der Waals surface area contributed by atoms with Gasteiger partial charge in [0.1, 0.15) is 0 Å². The molecule has 0 aliphatic heterocycles. The number of aliphatic carboxylic acids is 2. The highest BCUT2D eigenvalue weighted by Crippen LogP contribution is 2.47. The van der Waals surface area contributed by atoms with Crippen LogP contribution in [0.5, 0.6) is 0 Å². The average Bonchev–Trinajstić information content (AvgIpc) is 2.24. The minimum atomic E-state index is -1.32. The van der Waals surface area contributed by atoms with Gasteiger partial charge in [-0.1, -0.05) is 45.9 Å². The van der Waals surface area contributed by atoms with Gasteiger partial charge >= 0.3 is 11.9 Å². The Morgan fingerprint density at radius 3 is 2.16 bits per heavy atom. The zero-order valence-corrected chi connectivity index (χ0v) is 12.6. The molecule has 0 aliphatic carbocycles. The molecule has 0 heterocycles. The van der Waals surface area contributed by atoms with Gasteiger partial charge in [0, 0.05) is 5.06 Å². The summed E-state index contributed by atoms with van der Waals surface area (Å²) in [7, 11) is 10.6. The highest BCUT2D eigenvalue weighted by molar-refractivity contribution is 7.64. The molecule has 102 valence electrons. The number of rotatable bonds is 7. The molecule has 4 atom stereocenters. The first kappa shape index (κ1) is 18.2. The molecule has 4 nitrogen and oxygen atoms in total. The van der Waals surface area contributed by atoms with Crippen LogP contribution in [0.3, 0.4) is 0 Å². The van der Waals surface area contributed by atoms with Crippen molar-refractivity contribution >= 4 is 35.6 Å². The lowest BCUT2D eigenvalue weighted by atomic mass is 9.66. The smallest absolute Gasteiger partial charge is 0.306 e. The van der Waals surface area contributed by atoms with Gasteiger partial charge in [-0.2, -0.15) is 0 Å². The van der Waals surface area contributed by atoms with E-state index in [4.69, 9.17) is 25.9 Å². The maximum absolute atomic E-state index is 11.0. The summed E-state index contributed by atoms with van der Waals surface area (Å²) in [4.78, 5) is 21.8. The second kappa shape index (κ2) is 6.60. The van der Waals surface area contributed by atoms with Crippen LogP contribution in [0.1, 0.15) is 27.2 Å². The molecular formula is C12H19B2O4P. The van der Waals surface area contributed by atoms with E-state index in [-0.39, 0.29) is 6.42 Å². The normalized spacial score (nSPS) is 21.3. The SMILES string of the molecule is [B]C(C)(/C=C/P(C)C([B])(C)C(=O)O)CC(C)C(=O)O. The van der Waals surface area contributed by atoms with Gasteiger partial charge in [0.15, 0.2) is 0 Å². The molecule has 0 saturated heterocycles. The maximum atomic E-state index is 11.0. The van der Waals surface area contributed by atoms with E-state index >= 15 is 0 Å². The van der Waals surface area contributed by atoms with Crippen LogP contribution < -0.4 is 0 Å². The van der Waals surface area contributed by atoms with Gasteiger partial charge in [0.2, 0.25) is 0 Å². The molecule has 0 bridgehead atoms. The van der Waals surface area contributed by atoms with E-state index in [1.807, 2.05) is 0 Å². The summed E-state index contributed by atoms with van der Waals surface area (Å²) in [5, 5.41) is 15.7. The first-order valence-corrected chi connectivity index (χ1v) is 7.72. The van der Waals surface area contributed by atoms with E-state index in [0.29, 0.717) is 0 Å². The summed E-state index contributed by atoms with van der Waals surface area (Å²) in [6, 6.07) is 0. The number of allylic oxidation sites excluding steroid dienone is 1.